The Hall–Kier alpha value is -0.300. The highest BCUT2D eigenvalue weighted by Gasteiger charge is 2.31. The van der Waals surface area contributed by atoms with Crippen molar-refractivity contribution in [3.05, 3.63) is 11.6 Å². The Morgan fingerprint density at radius 2 is 2.21 bits per heavy atom. The van der Waals surface area contributed by atoms with Gasteiger partial charge in [0.2, 0.25) is 0 Å². The minimum atomic E-state index is 0.591. The van der Waals surface area contributed by atoms with E-state index in [1.54, 1.807) is 11.3 Å². The molecule has 0 aliphatic carbocycles. The zero-order valence-electron chi connectivity index (χ0n) is 11.2. The van der Waals surface area contributed by atoms with Gasteiger partial charge in [0.25, 0.3) is 0 Å². The Morgan fingerprint density at radius 1 is 1.37 bits per heavy atom. The lowest BCUT2D eigenvalue weighted by molar-refractivity contribution is 0.146. The molecule has 3 heterocycles. The number of nitrogens with zero attached hydrogens (tertiary/aromatic N) is 3. The standard InChI is InChI=1S/C13H22N4S2/c14-9-12(11-1-7-18-10-11)16-3-5-17(6-4-16)13-15-2-8-19-13/h2,8,11-12H,1,3-7,9-10,14H2. The van der Waals surface area contributed by atoms with E-state index in [9.17, 15) is 0 Å². The summed E-state index contributed by atoms with van der Waals surface area (Å²) in [6, 6.07) is 0.591. The van der Waals surface area contributed by atoms with Crippen LogP contribution in [0, 0.1) is 5.92 Å². The SMILES string of the molecule is NCC(C1CCSC1)N1CCN(c2nccs2)CC1. The molecule has 2 fully saturated rings. The van der Waals surface area contributed by atoms with Crippen LogP contribution in [0.1, 0.15) is 6.42 Å². The Morgan fingerprint density at radius 3 is 2.79 bits per heavy atom. The summed E-state index contributed by atoms with van der Waals surface area (Å²) in [5.41, 5.74) is 6.04. The van der Waals surface area contributed by atoms with Gasteiger partial charge in [0.05, 0.1) is 0 Å². The van der Waals surface area contributed by atoms with E-state index in [0.717, 1.165) is 38.6 Å². The molecular formula is C13H22N4S2. The zero-order valence-corrected chi connectivity index (χ0v) is 12.8. The summed E-state index contributed by atoms with van der Waals surface area (Å²) in [5.74, 6) is 3.43. The molecule has 2 aliphatic heterocycles. The molecule has 0 amide bonds. The van der Waals surface area contributed by atoms with Gasteiger partial charge in [-0.15, -0.1) is 11.3 Å². The molecule has 1 aromatic heterocycles. The summed E-state index contributed by atoms with van der Waals surface area (Å²) >= 11 is 3.83. The number of aromatic nitrogens is 1. The third-order valence-corrected chi connectivity index (χ3v) is 6.24. The van der Waals surface area contributed by atoms with Gasteiger partial charge in [-0.3, -0.25) is 4.90 Å². The average Bonchev–Trinajstić information content (AvgIpc) is 3.14. The highest BCUT2D eigenvalue weighted by Crippen LogP contribution is 2.29. The van der Waals surface area contributed by atoms with Crippen molar-refractivity contribution in [3.8, 4) is 0 Å². The molecule has 2 N–H and O–H groups in total. The van der Waals surface area contributed by atoms with E-state index in [-0.39, 0.29) is 0 Å². The highest BCUT2D eigenvalue weighted by atomic mass is 32.2. The number of nitrogens with two attached hydrogens (primary N) is 1. The molecule has 2 aliphatic rings. The van der Waals surface area contributed by atoms with Crippen LogP contribution >= 0.6 is 23.1 Å². The van der Waals surface area contributed by atoms with Crippen molar-refractivity contribution in [2.75, 3.05) is 49.1 Å². The molecule has 0 saturated carbocycles. The second kappa shape index (κ2) is 6.43. The van der Waals surface area contributed by atoms with Crippen molar-refractivity contribution in [3.63, 3.8) is 0 Å². The Balaban J connectivity index is 1.56. The van der Waals surface area contributed by atoms with Gasteiger partial charge in [-0.05, 0) is 23.8 Å². The Kier molecular flexibility index (Phi) is 4.63. The van der Waals surface area contributed by atoms with Crippen molar-refractivity contribution in [1.29, 1.82) is 0 Å². The number of rotatable bonds is 4. The van der Waals surface area contributed by atoms with Gasteiger partial charge in [0.1, 0.15) is 0 Å². The topological polar surface area (TPSA) is 45.4 Å². The first-order valence-corrected chi connectivity index (χ1v) is 9.08. The Bertz CT molecular complexity index is 370. The van der Waals surface area contributed by atoms with Crippen LogP contribution < -0.4 is 10.6 Å². The summed E-state index contributed by atoms with van der Waals surface area (Å²) in [5, 5.41) is 3.22. The first-order valence-electron chi connectivity index (χ1n) is 7.05. The first kappa shape index (κ1) is 13.7. The summed E-state index contributed by atoms with van der Waals surface area (Å²) in [4.78, 5) is 9.42. The van der Waals surface area contributed by atoms with Crippen molar-refractivity contribution >= 4 is 28.2 Å². The lowest BCUT2D eigenvalue weighted by atomic mass is 9.97. The molecule has 3 rings (SSSR count). The van der Waals surface area contributed by atoms with Crippen LogP contribution in [0.25, 0.3) is 0 Å². The molecular weight excluding hydrogens is 276 g/mol. The van der Waals surface area contributed by atoms with Crippen LogP contribution in [0.5, 0.6) is 0 Å². The van der Waals surface area contributed by atoms with Gasteiger partial charge in [0, 0.05) is 50.3 Å². The molecule has 6 heteroatoms. The third kappa shape index (κ3) is 3.07. The molecule has 0 aromatic carbocycles. The monoisotopic (exact) mass is 298 g/mol. The number of thiazole rings is 1. The largest absolute Gasteiger partial charge is 0.346 e. The van der Waals surface area contributed by atoms with Gasteiger partial charge in [0.15, 0.2) is 5.13 Å². The molecule has 4 nitrogen and oxygen atoms in total. The number of thioether (sulfide) groups is 1. The van der Waals surface area contributed by atoms with Gasteiger partial charge in [-0.2, -0.15) is 11.8 Å². The number of piperazine rings is 1. The highest BCUT2D eigenvalue weighted by molar-refractivity contribution is 7.99. The minimum absolute atomic E-state index is 0.591. The first-order chi connectivity index (χ1) is 9.38. The molecule has 2 saturated heterocycles. The summed E-state index contributed by atoms with van der Waals surface area (Å²) < 4.78 is 0. The average molecular weight is 298 g/mol. The molecule has 0 spiro atoms. The third-order valence-electron chi connectivity index (χ3n) is 4.22. The van der Waals surface area contributed by atoms with E-state index in [4.69, 9.17) is 5.73 Å². The van der Waals surface area contributed by atoms with E-state index in [1.165, 1.54) is 23.1 Å². The molecule has 19 heavy (non-hydrogen) atoms. The van der Waals surface area contributed by atoms with Crippen LogP contribution in [0.15, 0.2) is 11.6 Å². The van der Waals surface area contributed by atoms with E-state index in [1.807, 2.05) is 6.20 Å². The lowest BCUT2D eigenvalue weighted by Crippen LogP contribution is -2.54. The fraction of sp³-hybridized carbons (Fsp3) is 0.769. The zero-order chi connectivity index (χ0) is 13.1. The molecule has 0 radical (unpaired) electrons. The van der Waals surface area contributed by atoms with Crippen LogP contribution in [0.4, 0.5) is 5.13 Å². The fourth-order valence-electron chi connectivity index (χ4n) is 3.11. The maximum absolute atomic E-state index is 6.04. The van der Waals surface area contributed by atoms with E-state index < -0.39 is 0 Å². The maximum atomic E-state index is 6.04. The van der Waals surface area contributed by atoms with Crippen LogP contribution in [0.2, 0.25) is 0 Å². The maximum Gasteiger partial charge on any atom is 0.185 e. The van der Waals surface area contributed by atoms with E-state index >= 15 is 0 Å². The quantitative estimate of drug-likeness (QED) is 0.909. The predicted molar refractivity (Wildman–Crippen MR) is 84.2 cm³/mol. The molecule has 2 unspecified atom stereocenters. The van der Waals surface area contributed by atoms with Crippen LogP contribution in [-0.4, -0.2) is 60.2 Å². The normalized spacial score (nSPS) is 26.8. The number of hydrogen-bond donors (Lipinski definition) is 1. The van der Waals surface area contributed by atoms with Crippen molar-refractivity contribution < 1.29 is 0 Å². The molecule has 2 atom stereocenters. The fourth-order valence-corrected chi connectivity index (χ4v) is 5.14. The minimum Gasteiger partial charge on any atom is -0.346 e. The summed E-state index contributed by atoms with van der Waals surface area (Å²) in [6.45, 7) is 5.24. The summed E-state index contributed by atoms with van der Waals surface area (Å²) in [6.07, 6.45) is 3.24. The summed E-state index contributed by atoms with van der Waals surface area (Å²) in [7, 11) is 0. The van der Waals surface area contributed by atoms with Gasteiger partial charge >= 0.3 is 0 Å². The number of hydrogen-bond acceptors (Lipinski definition) is 6. The van der Waals surface area contributed by atoms with Crippen LogP contribution in [0.3, 0.4) is 0 Å². The van der Waals surface area contributed by atoms with E-state index in [2.05, 4.69) is 31.9 Å². The lowest BCUT2D eigenvalue weighted by Gasteiger charge is -2.41. The predicted octanol–water partition coefficient (Wildman–Crippen LogP) is 1.35. The van der Waals surface area contributed by atoms with Crippen LogP contribution in [-0.2, 0) is 0 Å². The Labute approximate surface area is 123 Å². The molecule has 106 valence electrons. The van der Waals surface area contributed by atoms with Gasteiger partial charge < -0.3 is 10.6 Å². The van der Waals surface area contributed by atoms with E-state index in [0.29, 0.717) is 6.04 Å². The molecule has 1 aromatic rings. The smallest absolute Gasteiger partial charge is 0.185 e. The second-order valence-corrected chi connectivity index (χ2v) is 7.29. The number of anilines is 1. The second-order valence-electron chi connectivity index (χ2n) is 5.26. The van der Waals surface area contributed by atoms with Gasteiger partial charge in [-0.25, -0.2) is 4.98 Å². The van der Waals surface area contributed by atoms with Gasteiger partial charge in [-0.1, -0.05) is 0 Å². The van der Waals surface area contributed by atoms with Crippen molar-refractivity contribution in [2.45, 2.75) is 12.5 Å². The molecule has 0 bridgehead atoms. The van der Waals surface area contributed by atoms with Crippen molar-refractivity contribution in [2.24, 2.45) is 11.7 Å². The van der Waals surface area contributed by atoms with Crippen molar-refractivity contribution in [1.82, 2.24) is 9.88 Å².